The Morgan fingerprint density at radius 2 is 1.94 bits per heavy atom. The highest BCUT2D eigenvalue weighted by Crippen LogP contribution is 2.26. The number of anilines is 1. The molecule has 0 aliphatic carbocycles. The first-order valence-electron chi connectivity index (χ1n) is 6.21. The zero-order valence-corrected chi connectivity index (χ0v) is 11.4. The zero-order valence-electron chi connectivity index (χ0n) is 11.4. The van der Waals surface area contributed by atoms with Gasteiger partial charge in [-0.1, -0.05) is 39.0 Å². The normalized spacial score (nSPS) is 11.8. The van der Waals surface area contributed by atoms with Crippen molar-refractivity contribution in [3.63, 3.8) is 0 Å². The Morgan fingerprint density at radius 1 is 1.28 bits per heavy atom. The van der Waals surface area contributed by atoms with Crippen molar-refractivity contribution in [1.82, 2.24) is 4.57 Å². The molecule has 0 saturated carbocycles. The summed E-state index contributed by atoms with van der Waals surface area (Å²) in [4.78, 5) is 12.0. The number of carbonyl (C=O) groups is 1. The van der Waals surface area contributed by atoms with Gasteiger partial charge in [-0.3, -0.25) is 4.79 Å². The molecule has 96 valence electrons. The third kappa shape index (κ3) is 2.73. The molecule has 0 saturated heterocycles. The summed E-state index contributed by atoms with van der Waals surface area (Å²) >= 11 is 0. The van der Waals surface area contributed by atoms with E-state index in [0.29, 0.717) is 6.42 Å². The molecule has 0 spiro atoms. The lowest BCUT2D eigenvalue weighted by molar-refractivity contribution is -0.117. The summed E-state index contributed by atoms with van der Waals surface area (Å²) < 4.78 is 2.03. The fourth-order valence-corrected chi connectivity index (χ4v) is 2.12. The van der Waals surface area contributed by atoms with Gasteiger partial charge in [-0.25, -0.2) is 0 Å². The van der Waals surface area contributed by atoms with Crippen LogP contribution in [0.25, 0.3) is 10.9 Å². The van der Waals surface area contributed by atoms with Crippen molar-refractivity contribution in [2.24, 2.45) is 12.5 Å². The summed E-state index contributed by atoms with van der Waals surface area (Å²) in [5.41, 5.74) is 2.03. The van der Waals surface area contributed by atoms with Crippen LogP contribution in [0.15, 0.2) is 30.5 Å². The van der Waals surface area contributed by atoms with Crippen molar-refractivity contribution in [2.45, 2.75) is 27.2 Å². The smallest absolute Gasteiger partial charge is 0.224 e. The van der Waals surface area contributed by atoms with Gasteiger partial charge in [-0.15, -0.1) is 0 Å². The number of carbonyl (C=O) groups excluding carboxylic acids is 1. The quantitative estimate of drug-likeness (QED) is 0.861. The predicted octanol–water partition coefficient (Wildman–Crippen LogP) is 3.55. The minimum Gasteiger partial charge on any atom is -0.348 e. The minimum absolute atomic E-state index is 0.00860. The van der Waals surface area contributed by atoms with Crippen LogP contribution in [-0.4, -0.2) is 10.5 Å². The first-order valence-corrected chi connectivity index (χ1v) is 6.21. The van der Waals surface area contributed by atoms with E-state index in [2.05, 4.69) is 32.2 Å². The zero-order chi connectivity index (χ0) is 13.3. The molecule has 1 heterocycles. The number of fused-ring (bicyclic) bond motifs is 1. The van der Waals surface area contributed by atoms with Crippen LogP contribution in [0.4, 0.5) is 5.69 Å². The number of rotatable bonds is 2. The van der Waals surface area contributed by atoms with Gasteiger partial charge in [0.15, 0.2) is 0 Å². The number of nitrogens with zero attached hydrogens (tertiary/aromatic N) is 1. The van der Waals surface area contributed by atoms with Crippen molar-refractivity contribution in [3.8, 4) is 0 Å². The number of aryl methyl sites for hydroxylation is 1. The lowest BCUT2D eigenvalue weighted by atomic mass is 9.92. The molecule has 0 aliphatic rings. The summed E-state index contributed by atoms with van der Waals surface area (Å²) in [6.07, 6.45) is 2.49. The van der Waals surface area contributed by atoms with E-state index in [1.807, 2.05) is 36.0 Å². The van der Waals surface area contributed by atoms with E-state index in [-0.39, 0.29) is 11.3 Å². The highest BCUT2D eigenvalue weighted by molar-refractivity contribution is 6.02. The number of para-hydroxylation sites is 1. The van der Waals surface area contributed by atoms with E-state index in [1.54, 1.807) is 0 Å². The second-order valence-corrected chi connectivity index (χ2v) is 5.96. The lowest BCUT2D eigenvalue weighted by Crippen LogP contribution is -2.19. The van der Waals surface area contributed by atoms with Crippen LogP contribution >= 0.6 is 0 Å². The highest BCUT2D eigenvalue weighted by Gasteiger charge is 2.17. The van der Waals surface area contributed by atoms with Crippen LogP contribution in [0.2, 0.25) is 0 Å². The van der Waals surface area contributed by atoms with Crippen LogP contribution in [0.1, 0.15) is 27.2 Å². The predicted molar refractivity (Wildman–Crippen MR) is 75.6 cm³/mol. The molecule has 0 unspecified atom stereocenters. The Hall–Kier alpha value is -1.77. The summed E-state index contributed by atoms with van der Waals surface area (Å²) in [5.74, 6) is 0.0684. The summed E-state index contributed by atoms with van der Waals surface area (Å²) in [7, 11) is 1.99. The lowest BCUT2D eigenvalue weighted by Gasteiger charge is -2.16. The standard InChI is InChI=1S/C15H20N2O/c1-15(2,3)9-14(18)16-12-10-17(4)13-8-6-5-7-11(12)13/h5-8,10H,9H2,1-4H3,(H,16,18). The number of aromatic nitrogens is 1. The number of hydrogen-bond donors (Lipinski definition) is 1. The van der Waals surface area contributed by atoms with Gasteiger partial charge in [0.2, 0.25) is 5.91 Å². The Kier molecular flexibility index (Phi) is 3.16. The average Bonchev–Trinajstić information content (AvgIpc) is 2.54. The maximum Gasteiger partial charge on any atom is 0.224 e. The number of amides is 1. The molecule has 0 radical (unpaired) electrons. The fraction of sp³-hybridized carbons (Fsp3) is 0.400. The molecule has 1 aromatic heterocycles. The van der Waals surface area contributed by atoms with Crippen molar-refractivity contribution in [2.75, 3.05) is 5.32 Å². The molecule has 18 heavy (non-hydrogen) atoms. The van der Waals surface area contributed by atoms with Crippen LogP contribution in [0, 0.1) is 5.41 Å². The molecule has 3 nitrogen and oxygen atoms in total. The summed E-state index contributed by atoms with van der Waals surface area (Å²) in [5, 5.41) is 4.09. The van der Waals surface area contributed by atoms with Crippen LogP contribution in [0.5, 0.6) is 0 Å². The molecule has 0 fully saturated rings. The van der Waals surface area contributed by atoms with E-state index >= 15 is 0 Å². The number of nitrogens with one attached hydrogen (secondary N) is 1. The summed E-state index contributed by atoms with van der Waals surface area (Å²) in [6, 6.07) is 8.07. The second-order valence-electron chi connectivity index (χ2n) is 5.96. The largest absolute Gasteiger partial charge is 0.348 e. The molecule has 0 bridgehead atoms. The van der Waals surface area contributed by atoms with Crippen molar-refractivity contribution in [3.05, 3.63) is 30.5 Å². The molecule has 1 aromatic carbocycles. The van der Waals surface area contributed by atoms with Gasteiger partial charge in [0.1, 0.15) is 0 Å². The summed E-state index contributed by atoms with van der Waals surface area (Å²) in [6.45, 7) is 6.20. The van der Waals surface area contributed by atoms with Gasteiger partial charge in [0.05, 0.1) is 5.69 Å². The van der Waals surface area contributed by atoms with Gasteiger partial charge < -0.3 is 9.88 Å². The minimum atomic E-state index is 0.00860. The van der Waals surface area contributed by atoms with E-state index in [0.717, 1.165) is 16.6 Å². The molecule has 1 N–H and O–H groups in total. The first kappa shape index (κ1) is 12.7. The second kappa shape index (κ2) is 4.48. The van der Waals surface area contributed by atoms with Gasteiger partial charge in [-0.2, -0.15) is 0 Å². The molecular formula is C15H20N2O. The average molecular weight is 244 g/mol. The van der Waals surface area contributed by atoms with Gasteiger partial charge in [-0.05, 0) is 11.5 Å². The van der Waals surface area contributed by atoms with E-state index in [1.165, 1.54) is 0 Å². The van der Waals surface area contributed by atoms with Crippen LogP contribution in [0.3, 0.4) is 0 Å². The molecule has 0 aliphatic heterocycles. The van der Waals surface area contributed by atoms with Crippen LogP contribution < -0.4 is 5.32 Å². The highest BCUT2D eigenvalue weighted by atomic mass is 16.1. The maximum absolute atomic E-state index is 12.0. The topological polar surface area (TPSA) is 34.0 Å². The third-order valence-corrected chi connectivity index (χ3v) is 2.86. The molecule has 2 rings (SSSR count). The van der Waals surface area contributed by atoms with E-state index in [9.17, 15) is 4.79 Å². The van der Waals surface area contributed by atoms with Gasteiger partial charge in [0.25, 0.3) is 0 Å². The number of hydrogen-bond acceptors (Lipinski definition) is 1. The molecule has 0 atom stereocenters. The first-order chi connectivity index (χ1) is 8.37. The van der Waals surface area contributed by atoms with E-state index < -0.39 is 0 Å². The Bertz CT molecular complexity index is 576. The monoisotopic (exact) mass is 244 g/mol. The molecule has 2 aromatic rings. The Labute approximate surface area is 108 Å². The third-order valence-electron chi connectivity index (χ3n) is 2.86. The Balaban J connectivity index is 2.25. The van der Waals surface area contributed by atoms with Crippen molar-refractivity contribution < 1.29 is 4.79 Å². The van der Waals surface area contributed by atoms with Crippen LogP contribution in [-0.2, 0) is 11.8 Å². The maximum atomic E-state index is 12.0. The molecular weight excluding hydrogens is 224 g/mol. The van der Waals surface area contributed by atoms with Gasteiger partial charge in [0, 0.05) is 30.6 Å². The molecule has 3 heteroatoms. The fourth-order valence-electron chi connectivity index (χ4n) is 2.12. The van der Waals surface area contributed by atoms with Crippen molar-refractivity contribution >= 4 is 22.5 Å². The number of benzene rings is 1. The van der Waals surface area contributed by atoms with E-state index in [4.69, 9.17) is 0 Å². The van der Waals surface area contributed by atoms with Gasteiger partial charge >= 0.3 is 0 Å². The van der Waals surface area contributed by atoms with Crippen molar-refractivity contribution in [1.29, 1.82) is 0 Å². The Morgan fingerprint density at radius 3 is 2.61 bits per heavy atom. The molecule has 1 amide bonds. The SMILES string of the molecule is Cn1cc(NC(=O)CC(C)(C)C)c2ccccc21.